The Morgan fingerprint density at radius 2 is 1.83 bits per heavy atom. The highest BCUT2D eigenvalue weighted by atomic mass is 16.5. The molecule has 29 heavy (non-hydrogen) atoms. The predicted molar refractivity (Wildman–Crippen MR) is 108 cm³/mol. The van der Waals surface area contributed by atoms with Crippen molar-refractivity contribution in [1.82, 2.24) is 24.6 Å². The third-order valence-electron chi connectivity index (χ3n) is 4.89. The van der Waals surface area contributed by atoms with Gasteiger partial charge >= 0.3 is 5.69 Å². The van der Waals surface area contributed by atoms with Gasteiger partial charge in [-0.3, -0.25) is 13.9 Å². The van der Waals surface area contributed by atoms with Crippen LogP contribution in [0.15, 0.2) is 57.8 Å². The van der Waals surface area contributed by atoms with Crippen molar-refractivity contribution >= 4 is 16.9 Å². The summed E-state index contributed by atoms with van der Waals surface area (Å²) in [5.74, 6) is 0.842. The summed E-state index contributed by atoms with van der Waals surface area (Å²) >= 11 is 0. The van der Waals surface area contributed by atoms with Crippen LogP contribution in [0.4, 0.5) is 0 Å². The van der Waals surface area contributed by atoms with Crippen molar-refractivity contribution in [2.24, 2.45) is 14.1 Å². The molecule has 0 fully saturated rings. The Morgan fingerprint density at radius 1 is 1.07 bits per heavy atom. The summed E-state index contributed by atoms with van der Waals surface area (Å²) in [5, 5.41) is 6.85. The minimum Gasteiger partial charge on any atom is -0.352 e. The molecule has 0 aliphatic heterocycles. The van der Waals surface area contributed by atoms with E-state index in [0.717, 1.165) is 22.2 Å². The summed E-state index contributed by atoms with van der Waals surface area (Å²) in [6.07, 6.45) is 0.625. The van der Waals surface area contributed by atoms with Crippen LogP contribution in [0.2, 0.25) is 0 Å². The van der Waals surface area contributed by atoms with Gasteiger partial charge < -0.3 is 9.84 Å². The van der Waals surface area contributed by atoms with E-state index in [1.54, 1.807) is 23.2 Å². The molecule has 2 aromatic carbocycles. The second-order valence-corrected chi connectivity index (χ2v) is 6.88. The molecule has 0 saturated carbocycles. The van der Waals surface area contributed by atoms with Crippen LogP contribution in [-0.4, -0.2) is 25.2 Å². The number of amides is 1. The molecule has 0 atom stereocenters. The number of aryl methyl sites for hydroxylation is 3. The Hall–Kier alpha value is -3.68. The van der Waals surface area contributed by atoms with Crippen LogP contribution in [0.5, 0.6) is 0 Å². The molecule has 4 aromatic rings. The van der Waals surface area contributed by atoms with Gasteiger partial charge in [0.1, 0.15) is 0 Å². The van der Waals surface area contributed by atoms with Crippen LogP contribution in [0.1, 0.15) is 17.9 Å². The van der Waals surface area contributed by atoms with Crippen LogP contribution in [0.3, 0.4) is 0 Å². The van der Waals surface area contributed by atoms with E-state index in [1.807, 2.05) is 48.5 Å². The molecule has 0 radical (unpaired) electrons. The number of rotatable bonds is 6. The van der Waals surface area contributed by atoms with Gasteiger partial charge in [0, 0.05) is 39.0 Å². The van der Waals surface area contributed by atoms with Gasteiger partial charge in [0.2, 0.25) is 17.6 Å². The van der Waals surface area contributed by atoms with Gasteiger partial charge in [0.15, 0.2) is 0 Å². The Labute approximate surface area is 166 Å². The van der Waals surface area contributed by atoms with Gasteiger partial charge in [-0.05, 0) is 17.7 Å². The molecule has 4 rings (SSSR count). The number of nitrogens with zero attached hydrogens (tertiary/aromatic N) is 4. The SMILES string of the molecule is Cn1c(=O)n(C)c2cc(CNC(=O)CCc3nc(-c4ccccc4)no3)ccc21. The number of carbonyl (C=O) groups excluding carboxylic acids is 1. The van der Waals surface area contributed by atoms with E-state index < -0.39 is 0 Å². The first kappa shape index (κ1) is 18.7. The topological polar surface area (TPSA) is 95.0 Å². The first-order valence-corrected chi connectivity index (χ1v) is 9.32. The van der Waals surface area contributed by atoms with Gasteiger partial charge in [0.25, 0.3) is 0 Å². The van der Waals surface area contributed by atoms with E-state index in [0.29, 0.717) is 24.7 Å². The molecule has 0 spiro atoms. The third-order valence-corrected chi connectivity index (χ3v) is 4.89. The van der Waals surface area contributed by atoms with E-state index in [1.165, 1.54) is 0 Å². The number of nitrogens with one attached hydrogen (secondary N) is 1. The fraction of sp³-hybridized carbons (Fsp3) is 0.238. The number of aromatic nitrogens is 4. The maximum Gasteiger partial charge on any atom is 0.328 e. The van der Waals surface area contributed by atoms with Crippen molar-refractivity contribution in [3.05, 3.63) is 70.5 Å². The highest BCUT2D eigenvalue weighted by Gasteiger charge is 2.11. The highest BCUT2D eigenvalue weighted by molar-refractivity contribution is 5.78. The second-order valence-electron chi connectivity index (χ2n) is 6.88. The largest absolute Gasteiger partial charge is 0.352 e. The maximum absolute atomic E-state index is 12.2. The van der Waals surface area contributed by atoms with Crippen molar-refractivity contribution in [3.8, 4) is 11.4 Å². The molecule has 0 saturated heterocycles. The van der Waals surface area contributed by atoms with Crippen molar-refractivity contribution in [2.75, 3.05) is 0 Å². The fourth-order valence-electron chi connectivity index (χ4n) is 3.23. The van der Waals surface area contributed by atoms with E-state index in [-0.39, 0.29) is 18.0 Å². The Bertz CT molecular complexity index is 1220. The monoisotopic (exact) mass is 391 g/mol. The normalized spacial score (nSPS) is 11.1. The van der Waals surface area contributed by atoms with E-state index in [4.69, 9.17) is 4.52 Å². The standard InChI is InChI=1S/C21H21N5O3/c1-25-16-9-8-14(12-17(16)26(2)21(25)28)13-22-18(27)10-11-19-23-20(24-29-19)15-6-4-3-5-7-15/h3-9,12H,10-11,13H2,1-2H3,(H,22,27). The summed E-state index contributed by atoms with van der Waals surface area (Å²) in [6, 6.07) is 15.3. The molecule has 8 heteroatoms. The Morgan fingerprint density at radius 3 is 2.62 bits per heavy atom. The maximum atomic E-state index is 12.2. The number of hydrogen-bond donors (Lipinski definition) is 1. The first-order valence-electron chi connectivity index (χ1n) is 9.32. The van der Waals surface area contributed by atoms with Crippen LogP contribution in [-0.2, 0) is 31.9 Å². The quantitative estimate of drug-likeness (QED) is 0.544. The number of benzene rings is 2. The lowest BCUT2D eigenvalue weighted by atomic mass is 10.2. The molecule has 2 aromatic heterocycles. The lowest BCUT2D eigenvalue weighted by Gasteiger charge is -2.05. The molecule has 2 heterocycles. The van der Waals surface area contributed by atoms with Crippen molar-refractivity contribution in [2.45, 2.75) is 19.4 Å². The Kier molecular flexibility index (Phi) is 4.99. The zero-order valence-corrected chi connectivity index (χ0v) is 16.3. The zero-order chi connectivity index (χ0) is 20.4. The van der Waals surface area contributed by atoms with Crippen molar-refractivity contribution in [3.63, 3.8) is 0 Å². The average molecular weight is 391 g/mol. The Balaban J connectivity index is 1.34. The van der Waals surface area contributed by atoms with Crippen LogP contribution < -0.4 is 11.0 Å². The highest BCUT2D eigenvalue weighted by Crippen LogP contribution is 2.16. The summed E-state index contributed by atoms with van der Waals surface area (Å²) in [7, 11) is 3.48. The minimum absolute atomic E-state index is 0.0735. The number of carbonyl (C=O) groups is 1. The first-order chi connectivity index (χ1) is 14.0. The summed E-state index contributed by atoms with van der Waals surface area (Å²) in [6.45, 7) is 0.386. The van der Waals surface area contributed by atoms with Gasteiger partial charge in [-0.2, -0.15) is 4.98 Å². The van der Waals surface area contributed by atoms with Crippen molar-refractivity contribution in [1.29, 1.82) is 0 Å². The average Bonchev–Trinajstić information content (AvgIpc) is 3.31. The summed E-state index contributed by atoms with van der Waals surface area (Å²) < 4.78 is 8.43. The fourth-order valence-corrected chi connectivity index (χ4v) is 3.23. The predicted octanol–water partition coefficient (Wildman–Crippen LogP) is 2.18. The molecule has 0 unspecified atom stereocenters. The molecule has 0 aliphatic rings. The molecule has 8 nitrogen and oxygen atoms in total. The molecule has 1 N–H and O–H groups in total. The molecule has 1 amide bonds. The minimum atomic E-state index is -0.105. The van der Waals surface area contributed by atoms with E-state index >= 15 is 0 Å². The zero-order valence-electron chi connectivity index (χ0n) is 16.3. The number of imidazole rings is 1. The van der Waals surface area contributed by atoms with Gasteiger partial charge in [-0.25, -0.2) is 4.79 Å². The molecular weight excluding hydrogens is 370 g/mol. The van der Waals surface area contributed by atoms with Gasteiger partial charge in [-0.1, -0.05) is 41.6 Å². The molecule has 0 bridgehead atoms. The smallest absolute Gasteiger partial charge is 0.328 e. The molecule has 0 aliphatic carbocycles. The lowest BCUT2D eigenvalue weighted by Crippen LogP contribution is -2.23. The number of hydrogen-bond acceptors (Lipinski definition) is 5. The summed E-state index contributed by atoms with van der Waals surface area (Å²) in [5.41, 5.74) is 3.42. The van der Waals surface area contributed by atoms with Crippen LogP contribution in [0.25, 0.3) is 22.4 Å². The molecular formula is C21H21N5O3. The van der Waals surface area contributed by atoms with Crippen molar-refractivity contribution < 1.29 is 9.32 Å². The van der Waals surface area contributed by atoms with Gasteiger partial charge in [0.05, 0.1) is 11.0 Å². The lowest BCUT2D eigenvalue weighted by molar-refractivity contribution is -0.121. The number of fused-ring (bicyclic) bond motifs is 1. The van der Waals surface area contributed by atoms with Gasteiger partial charge in [-0.15, -0.1) is 0 Å². The van der Waals surface area contributed by atoms with E-state index in [9.17, 15) is 9.59 Å². The summed E-state index contributed by atoms with van der Waals surface area (Å²) in [4.78, 5) is 28.5. The van der Waals surface area contributed by atoms with E-state index in [2.05, 4.69) is 15.5 Å². The third kappa shape index (κ3) is 3.82. The second kappa shape index (κ2) is 7.75. The van der Waals surface area contributed by atoms with Crippen LogP contribution >= 0.6 is 0 Å². The molecule has 148 valence electrons. The van der Waals surface area contributed by atoms with Crippen LogP contribution in [0, 0.1) is 0 Å².